The van der Waals surface area contributed by atoms with Crippen LogP contribution in [0.15, 0.2) is 17.6 Å². The first-order chi connectivity index (χ1) is 12.0. The molecule has 0 saturated carbocycles. The number of aliphatic imine (C=N–C) groups is 1. The third-order valence-corrected chi connectivity index (χ3v) is 4.36. The lowest BCUT2D eigenvalue weighted by Crippen LogP contribution is -2.42. The van der Waals surface area contributed by atoms with Crippen molar-refractivity contribution in [2.24, 2.45) is 12.0 Å². The van der Waals surface area contributed by atoms with E-state index in [0.29, 0.717) is 19.1 Å². The summed E-state index contributed by atoms with van der Waals surface area (Å²) in [5, 5.41) is 15.0. The fourth-order valence-corrected chi connectivity index (χ4v) is 2.53. The van der Waals surface area contributed by atoms with E-state index in [1.165, 1.54) is 6.42 Å². The summed E-state index contributed by atoms with van der Waals surface area (Å²) >= 11 is 0. The van der Waals surface area contributed by atoms with Gasteiger partial charge in [-0.1, -0.05) is 19.9 Å². The Hall–Kier alpha value is -1.16. The standard InChI is InChI=1S/C18H35N7.HI/c1-7-12-19-18(20-14-17-23-22-16(5)24(17)6)21-15(4)11-10-13-25(8-2)9-3;/h7,15H,1,8-14H2,2-6H3,(H2,19,20,21);1H. The van der Waals surface area contributed by atoms with Gasteiger partial charge in [-0.25, -0.2) is 4.99 Å². The molecule has 0 fully saturated rings. The average molecular weight is 477 g/mol. The molecule has 26 heavy (non-hydrogen) atoms. The molecule has 0 amide bonds. The van der Waals surface area contributed by atoms with Gasteiger partial charge in [-0.3, -0.25) is 0 Å². The fourth-order valence-electron chi connectivity index (χ4n) is 2.53. The Kier molecular flexibility index (Phi) is 13.3. The van der Waals surface area contributed by atoms with E-state index in [1.54, 1.807) is 0 Å². The Balaban J connectivity index is 0.00000625. The van der Waals surface area contributed by atoms with Crippen LogP contribution in [0.3, 0.4) is 0 Å². The topological polar surface area (TPSA) is 70.4 Å². The Morgan fingerprint density at radius 2 is 2.04 bits per heavy atom. The average Bonchev–Trinajstić information content (AvgIpc) is 2.93. The molecule has 1 rings (SSSR count). The normalized spacial score (nSPS) is 12.6. The fraction of sp³-hybridized carbons (Fsp3) is 0.722. The second-order valence-electron chi connectivity index (χ2n) is 6.27. The van der Waals surface area contributed by atoms with Crippen molar-refractivity contribution in [1.29, 1.82) is 0 Å². The van der Waals surface area contributed by atoms with Crippen molar-refractivity contribution < 1.29 is 0 Å². The Bertz CT molecular complexity index is 538. The first kappa shape index (κ1) is 24.8. The molecular weight excluding hydrogens is 441 g/mol. The Morgan fingerprint density at radius 1 is 1.35 bits per heavy atom. The van der Waals surface area contributed by atoms with E-state index in [4.69, 9.17) is 0 Å². The van der Waals surface area contributed by atoms with Crippen molar-refractivity contribution >= 4 is 29.9 Å². The molecule has 0 aromatic carbocycles. The molecule has 1 aromatic rings. The molecule has 2 N–H and O–H groups in total. The van der Waals surface area contributed by atoms with Gasteiger partial charge in [0.15, 0.2) is 11.8 Å². The van der Waals surface area contributed by atoms with E-state index in [0.717, 1.165) is 43.7 Å². The van der Waals surface area contributed by atoms with Gasteiger partial charge in [0.2, 0.25) is 0 Å². The number of hydrogen-bond donors (Lipinski definition) is 2. The lowest BCUT2D eigenvalue weighted by molar-refractivity contribution is 0.292. The Labute approximate surface area is 175 Å². The maximum atomic E-state index is 4.63. The highest BCUT2D eigenvalue weighted by Crippen LogP contribution is 2.01. The number of aryl methyl sites for hydroxylation is 1. The van der Waals surface area contributed by atoms with Crippen LogP contribution in [0.4, 0.5) is 0 Å². The summed E-state index contributed by atoms with van der Waals surface area (Å²) in [5.41, 5.74) is 0. The lowest BCUT2D eigenvalue weighted by atomic mass is 10.2. The molecule has 7 nitrogen and oxygen atoms in total. The van der Waals surface area contributed by atoms with Crippen molar-refractivity contribution in [2.75, 3.05) is 26.2 Å². The van der Waals surface area contributed by atoms with Crippen LogP contribution >= 0.6 is 24.0 Å². The smallest absolute Gasteiger partial charge is 0.192 e. The van der Waals surface area contributed by atoms with Gasteiger partial charge in [0, 0.05) is 19.6 Å². The maximum Gasteiger partial charge on any atom is 0.192 e. The number of aromatic nitrogens is 3. The van der Waals surface area contributed by atoms with Crippen LogP contribution in [0.1, 0.15) is 45.3 Å². The zero-order chi connectivity index (χ0) is 18.7. The highest BCUT2D eigenvalue weighted by atomic mass is 127. The highest BCUT2D eigenvalue weighted by Gasteiger charge is 2.08. The molecular formula is C18H36IN7. The minimum atomic E-state index is 0. The van der Waals surface area contributed by atoms with Crippen molar-refractivity contribution in [3.05, 3.63) is 24.3 Å². The second-order valence-corrected chi connectivity index (χ2v) is 6.27. The SMILES string of the molecule is C=CCNC(=NCc1nnc(C)n1C)NC(C)CCCN(CC)CC.I. The summed E-state index contributed by atoms with van der Waals surface area (Å²) in [6, 6.07) is 0.355. The molecule has 0 aliphatic heterocycles. The molecule has 0 aliphatic rings. The summed E-state index contributed by atoms with van der Waals surface area (Å²) < 4.78 is 1.96. The number of guanidine groups is 1. The lowest BCUT2D eigenvalue weighted by Gasteiger charge is -2.21. The van der Waals surface area contributed by atoms with Crippen LogP contribution < -0.4 is 10.6 Å². The summed E-state index contributed by atoms with van der Waals surface area (Å²) in [6.45, 7) is 16.9. The molecule has 0 aliphatic carbocycles. The van der Waals surface area contributed by atoms with Gasteiger partial charge in [-0.15, -0.1) is 40.8 Å². The van der Waals surface area contributed by atoms with Crippen LogP contribution in [-0.4, -0.2) is 57.8 Å². The van der Waals surface area contributed by atoms with E-state index in [9.17, 15) is 0 Å². The minimum Gasteiger partial charge on any atom is -0.354 e. The van der Waals surface area contributed by atoms with Crippen LogP contribution in [0, 0.1) is 6.92 Å². The van der Waals surface area contributed by atoms with Gasteiger partial charge in [-0.2, -0.15) is 0 Å². The predicted octanol–water partition coefficient (Wildman–Crippen LogP) is 2.47. The van der Waals surface area contributed by atoms with Gasteiger partial charge in [0.25, 0.3) is 0 Å². The zero-order valence-corrected chi connectivity index (χ0v) is 19.3. The molecule has 0 bridgehead atoms. The maximum absolute atomic E-state index is 4.63. The van der Waals surface area contributed by atoms with Crippen molar-refractivity contribution in [3.63, 3.8) is 0 Å². The molecule has 0 spiro atoms. The summed E-state index contributed by atoms with van der Waals surface area (Å²) in [7, 11) is 1.96. The van der Waals surface area contributed by atoms with Gasteiger partial charge in [0.1, 0.15) is 12.4 Å². The summed E-state index contributed by atoms with van der Waals surface area (Å²) in [6.07, 6.45) is 4.11. The Morgan fingerprint density at radius 3 is 2.58 bits per heavy atom. The molecule has 1 unspecified atom stereocenters. The van der Waals surface area contributed by atoms with E-state index in [-0.39, 0.29) is 24.0 Å². The number of nitrogens with zero attached hydrogens (tertiary/aromatic N) is 5. The molecule has 1 heterocycles. The van der Waals surface area contributed by atoms with Crippen LogP contribution in [0.2, 0.25) is 0 Å². The zero-order valence-electron chi connectivity index (χ0n) is 17.0. The third kappa shape index (κ3) is 8.98. The summed E-state index contributed by atoms with van der Waals surface area (Å²) in [4.78, 5) is 7.09. The van der Waals surface area contributed by atoms with Gasteiger partial charge < -0.3 is 20.1 Å². The van der Waals surface area contributed by atoms with E-state index in [2.05, 4.69) is 58.1 Å². The van der Waals surface area contributed by atoms with Crippen LogP contribution in [-0.2, 0) is 13.6 Å². The molecule has 8 heteroatoms. The monoisotopic (exact) mass is 477 g/mol. The molecule has 0 saturated heterocycles. The largest absolute Gasteiger partial charge is 0.354 e. The third-order valence-electron chi connectivity index (χ3n) is 4.36. The quantitative estimate of drug-likeness (QED) is 0.222. The number of rotatable bonds is 11. The van der Waals surface area contributed by atoms with Crippen molar-refractivity contribution in [1.82, 2.24) is 30.3 Å². The van der Waals surface area contributed by atoms with Crippen molar-refractivity contribution in [2.45, 2.75) is 53.1 Å². The van der Waals surface area contributed by atoms with Gasteiger partial charge in [0.05, 0.1) is 0 Å². The van der Waals surface area contributed by atoms with Crippen molar-refractivity contribution in [3.8, 4) is 0 Å². The number of nitrogens with one attached hydrogen (secondary N) is 2. The van der Waals surface area contributed by atoms with Gasteiger partial charge >= 0.3 is 0 Å². The van der Waals surface area contributed by atoms with E-state index >= 15 is 0 Å². The molecule has 150 valence electrons. The molecule has 1 atom stereocenters. The predicted molar refractivity (Wildman–Crippen MR) is 120 cm³/mol. The highest BCUT2D eigenvalue weighted by molar-refractivity contribution is 14.0. The van der Waals surface area contributed by atoms with E-state index < -0.39 is 0 Å². The molecule has 1 aromatic heterocycles. The van der Waals surface area contributed by atoms with Crippen LogP contribution in [0.25, 0.3) is 0 Å². The summed E-state index contributed by atoms with van der Waals surface area (Å²) in [5.74, 6) is 2.53. The molecule has 0 radical (unpaired) electrons. The minimum absolute atomic E-state index is 0. The number of halogens is 1. The number of hydrogen-bond acceptors (Lipinski definition) is 4. The first-order valence-corrected chi connectivity index (χ1v) is 9.24. The van der Waals surface area contributed by atoms with Gasteiger partial charge in [-0.05, 0) is 46.3 Å². The second kappa shape index (κ2) is 14.0. The first-order valence-electron chi connectivity index (χ1n) is 9.24. The van der Waals surface area contributed by atoms with E-state index in [1.807, 2.05) is 24.6 Å². The van der Waals surface area contributed by atoms with Crippen LogP contribution in [0.5, 0.6) is 0 Å².